The van der Waals surface area contributed by atoms with Crippen LogP contribution >= 0.6 is 0 Å². The molecule has 3 heterocycles. The molecular formula is C16H27N3. The number of rotatable bonds is 3. The fourth-order valence-corrected chi connectivity index (χ4v) is 3.87. The largest absolute Gasteiger partial charge is 0.306 e. The first kappa shape index (κ1) is 13.3. The summed E-state index contributed by atoms with van der Waals surface area (Å²) in [5.41, 5.74) is 3.14. The quantitative estimate of drug-likeness (QED) is 0.616. The van der Waals surface area contributed by atoms with Gasteiger partial charge in [0.25, 0.3) is 0 Å². The predicted octanol–water partition coefficient (Wildman–Crippen LogP) is 1.49. The average molecular weight is 261 g/mol. The molecule has 0 aromatic rings. The van der Waals surface area contributed by atoms with Crippen LogP contribution in [-0.4, -0.2) is 60.6 Å². The molecule has 0 saturated carbocycles. The van der Waals surface area contributed by atoms with Crippen LogP contribution < -0.4 is 5.32 Å². The molecule has 0 unspecified atom stereocenters. The van der Waals surface area contributed by atoms with E-state index < -0.39 is 0 Å². The maximum Gasteiger partial charge on any atom is 0.0555 e. The van der Waals surface area contributed by atoms with E-state index in [4.69, 9.17) is 0 Å². The lowest BCUT2D eigenvalue weighted by Crippen LogP contribution is -2.55. The van der Waals surface area contributed by atoms with Crippen LogP contribution in [0, 0.1) is 5.92 Å². The van der Waals surface area contributed by atoms with E-state index in [1.807, 2.05) is 0 Å². The van der Waals surface area contributed by atoms with E-state index in [0.29, 0.717) is 17.5 Å². The summed E-state index contributed by atoms with van der Waals surface area (Å²) < 4.78 is 0. The maximum absolute atomic E-state index is 4.22. The highest BCUT2D eigenvalue weighted by atomic mass is 15.4. The van der Waals surface area contributed by atoms with Crippen LogP contribution in [0.4, 0.5) is 0 Å². The number of hydrogen-bond donors (Lipinski definition) is 1. The Hall–Kier alpha value is -0.640. The number of allylic oxidation sites excluding steroid dienone is 1. The van der Waals surface area contributed by atoms with Crippen molar-refractivity contribution in [2.24, 2.45) is 5.92 Å². The van der Waals surface area contributed by atoms with Crippen molar-refractivity contribution in [1.29, 1.82) is 0 Å². The molecule has 3 nitrogen and oxygen atoms in total. The van der Waals surface area contributed by atoms with Crippen molar-refractivity contribution in [2.45, 2.75) is 32.4 Å². The van der Waals surface area contributed by atoms with Gasteiger partial charge in [0.1, 0.15) is 0 Å². The molecule has 106 valence electrons. The second-order valence-corrected chi connectivity index (χ2v) is 6.84. The zero-order valence-electron chi connectivity index (χ0n) is 12.6. The fourth-order valence-electron chi connectivity index (χ4n) is 3.87. The van der Waals surface area contributed by atoms with Gasteiger partial charge in [0.05, 0.1) is 5.54 Å². The van der Waals surface area contributed by atoms with Crippen LogP contribution in [0.25, 0.3) is 0 Å². The second kappa shape index (κ2) is 4.72. The third-order valence-corrected chi connectivity index (χ3v) is 5.15. The highest BCUT2D eigenvalue weighted by Crippen LogP contribution is 2.45. The smallest absolute Gasteiger partial charge is 0.0555 e. The van der Waals surface area contributed by atoms with Crippen molar-refractivity contribution in [2.75, 3.05) is 39.3 Å². The van der Waals surface area contributed by atoms with Gasteiger partial charge < -0.3 is 5.32 Å². The SMILES string of the molecule is C=C(C)[C@@H]1CN2CCN(CC=C(C)C)C[C@@H]2[C@@]12CN2. The molecule has 3 atom stereocenters. The van der Waals surface area contributed by atoms with Crippen LogP contribution in [-0.2, 0) is 0 Å². The van der Waals surface area contributed by atoms with Crippen LogP contribution in [0.2, 0.25) is 0 Å². The second-order valence-electron chi connectivity index (χ2n) is 6.84. The highest BCUT2D eigenvalue weighted by Gasteiger charge is 2.62. The van der Waals surface area contributed by atoms with E-state index in [0.717, 1.165) is 6.54 Å². The van der Waals surface area contributed by atoms with E-state index in [1.165, 1.54) is 43.9 Å². The lowest BCUT2D eigenvalue weighted by molar-refractivity contribution is 0.103. The van der Waals surface area contributed by atoms with Crippen LogP contribution in [0.5, 0.6) is 0 Å². The van der Waals surface area contributed by atoms with Crippen molar-refractivity contribution >= 4 is 0 Å². The molecule has 0 amide bonds. The summed E-state index contributed by atoms with van der Waals surface area (Å²) in [7, 11) is 0. The summed E-state index contributed by atoms with van der Waals surface area (Å²) in [6, 6.07) is 0.688. The highest BCUT2D eigenvalue weighted by molar-refractivity contribution is 5.28. The molecule has 0 bridgehead atoms. The molecule has 1 spiro atoms. The maximum atomic E-state index is 4.22. The first-order valence-corrected chi connectivity index (χ1v) is 7.53. The Bertz CT molecular complexity index is 404. The van der Waals surface area contributed by atoms with E-state index >= 15 is 0 Å². The number of nitrogens with one attached hydrogen (secondary N) is 1. The van der Waals surface area contributed by atoms with Gasteiger partial charge in [-0.2, -0.15) is 0 Å². The van der Waals surface area contributed by atoms with Gasteiger partial charge in [0.15, 0.2) is 0 Å². The average Bonchev–Trinajstić information content (AvgIpc) is 3.07. The van der Waals surface area contributed by atoms with Gasteiger partial charge in [-0.25, -0.2) is 0 Å². The Morgan fingerprint density at radius 2 is 2.05 bits per heavy atom. The summed E-state index contributed by atoms with van der Waals surface area (Å²) in [5, 5.41) is 3.68. The van der Waals surface area contributed by atoms with Crippen molar-refractivity contribution in [3.8, 4) is 0 Å². The molecule has 3 saturated heterocycles. The zero-order chi connectivity index (χ0) is 13.6. The fraction of sp³-hybridized carbons (Fsp3) is 0.750. The van der Waals surface area contributed by atoms with Crippen LogP contribution in [0.1, 0.15) is 20.8 Å². The van der Waals surface area contributed by atoms with Crippen LogP contribution in [0.3, 0.4) is 0 Å². The molecular weight excluding hydrogens is 234 g/mol. The lowest BCUT2D eigenvalue weighted by Gasteiger charge is -2.39. The summed E-state index contributed by atoms with van der Waals surface area (Å²) in [5.74, 6) is 0.654. The van der Waals surface area contributed by atoms with Gasteiger partial charge in [0.2, 0.25) is 0 Å². The Labute approximate surface area is 117 Å². The molecule has 0 aliphatic carbocycles. The minimum atomic E-state index is 0.357. The van der Waals surface area contributed by atoms with Crippen molar-refractivity contribution in [3.05, 3.63) is 23.8 Å². The van der Waals surface area contributed by atoms with Crippen molar-refractivity contribution in [1.82, 2.24) is 15.1 Å². The topological polar surface area (TPSA) is 28.4 Å². The summed E-state index contributed by atoms with van der Waals surface area (Å²) >= 11 is 0. The van der Waals surface area contributed by atoms with Crippen molar-refractivity contribution < 1.29 is 0 Å². The Kier molecular flexibility index (Phi) is 3.32. The summed E-state index contributed by atoms with van der Waals surface area (Å²) in [6.07, 6.45) is 2.36. The summed E-state index contributed by atoms with van der Waals surface area (Å²) in [4.78, 5) is 5.30. The lowest BCUT2D eigenvalue weighted by atomic mass is 9.85. The standard InChI is InChI=1S/C16H27N3/c1-12(2)5-6-18-7-8-19-9-14(13(3)4)16(11-17-16)15(19)10-18/h5,14-15,17H,3,6-11H2,1-2,4H3/t14-,15+,16+/m0/s1. The molecule has 0 aromatic carbocycles. The van der Waals surface area contributed by atoms with Gasteiger partial charge in [-0.05, 0) is 20.8 Å². The minimum Gasteiger partial charge on any atom is -0.306 e. The van der Waals surface area contributed by atoms with E-state index in [1.54, 1.807) is 0 Å². The molecule has 0 radical (unpaired) electrons. The van der Waals surface area contributed by atoms with Crippen molar-refractivity contribution in [3.63, 3.8) is 0 Å². The Morgan fingerprint density at radius 1 is 1.32 bits per heavy atom. The number of nitrogens with zero attached hydrogens (tertiary/aromatic N) is 2. The summed E-state index contributed by atoms with van der Waals surface area (Å²) in [6.45, 7) is 17.9. The number of hydrogen-bond acceptors (Lipinski definition) is 3. The van der Waals surface area contributed by atoms with E-state index in [-0.39, 0.29) is 0 Å². The van der Waals surface area contributed by atoms with Gasteiger partial charge in [-0.1, -0.05) is 23.8 Å². The van der Waals surface area contributed by atoms with Crippen LogP contribution in [0.15, 0.2) is 23.8 Å². The van der Waals surface area contributed by atoms with Gasteiger partial charge in [-0.3, -0.25) is 9.80 Å². The molecule has 3 rings (SSSR count). The monoisotopic (exact) mass is 261 g/mol. The molecule has 19 heavy (non-hydrogen) atoms. The molecule has 3 aliphatic rings. The van der Waals surface area contributed by atoms with E-state index in [2.05, 4.69) is 48.5 Å². The molecule has 3 aliphatic heterocycles. The normalized spacial score (nSPS) is 38.3. The van der Waals surface area contributed by atoms with E-state index in [9.17, 15) is 0 Å². The predicted molar refractivity (Wildman–Crippen MR) is 80.3 cm³/mol. The van der Waals surface area contributed by atoms with Gasteiger partial charge in [0, 0.05) is 51.2 Å². The molecule has 0 aromatic heterocycles. The van der Waals surface area contributed by atoms with Gasteiger partial charge >= 0.3 is 0 Å². The number of fused-ring (bicyclic) bond motifs is 2. The molecule has 3 heteroatoms. The minimum absolute atomic E-state index is 0.357. The first-order chi connectivity index (χ1) is 9.03. The third-order valence-electron chi connectivity index (χ3n) is 5.15. The zero-order valence-corrected chi connectivity index (χ0v) is 12.6. The molecule has 1 N–H and O–H groups in total. The Balaban J connectivity index is 1.70. The molecule has 3 fully saturated rings. The third kappa shape index (κ3) is 2.28. The number of piperazine rings is 1. The Morgan fingerprint density at radius 3 is 2.63 bits per heavy atom. The van der Waals surface area contributed by atoms with Gasteiger partial charge in [-0.15, -0.1) is 0 Å². The first-order valence-electron chi connectivity index (χ1n) is 7.53.